The van der Waals surface area contributed by atoms with Crippen LogP contribution in [0, 0.1) is 0 Å². The number of hydrogen-bond acceptors (Lipinski definition) is 6. The molecule has 4 atom stereocenters. The largest absolute Gasteiger partial charge is 0.361 e. The maximum Gasteiger partial charge on any atom is 0.230 e. The molecule has 3 heterocycles. The predicted octanol–water partition coefficient (Wildman–Crippen LogP) is -0.317. The number of aliphatic hydroxyl groups is 2. The Bertz CT molecular complexity index is 311. The SMILES string of the molecule is CC12OCCC1(O)OC1(CCO[C@@]1(C)O)O2. The first-order valence-electron chi connectivity index (χ1n) is 5.46. The molecule has 0 aromatic carbocycles. The summed E-state index contributed by atoms with van der Waals surface area (Å²) in [4.78, 5) is 0. The van der Waals surface area contributed by atoms with Gasteiger partial charge in [0.25, 0.3) is 0 Å². The average Bonchev–Trinajstić information content (AvgIpc) is 2.61. The molecule has 0 bridgehead atoms. The van der Waals surface area contributed by atoms with Crippen molar-refractivity contribution < 1.29 is 29.2 Å². The van der Waals surface area contributed by atoms with E-state index in [1.165, 1.54) is 6.92 Å². The van der Waals surface area contributed by atoms with E-state index in [4.69, 9.17) is 18.9 Å². The molecule has 2 N–H and O–H groups in total. The average molecular weight is 232 g/mol. The number of rotatable bonds is 0. The first-order chi connectivity index (χ1) is 7.33. The Kier molecular flexibility index (Phi) is 1.88. The molecule has 3 saturated heterocycles. The van der Waals surface area contributed by atoms with Crippen molar-refractivity contribution in [3.8, 4) is 0 Å². The quantitative estimate of drug-likeness (QED) is 0.596. The van der Waals surface area contributed by atoms with Gasteiger partial charge in [-0.15, -0.1) is 0 Å². The Morgan fingerprint density at radius 1 is 0.938 bits per heavy atom. The lowest BCUT2D eigenvalue weighted by Gasteiger charge is -2.34. The van der Waals surface area contributed by atoms with Gasteiger partial charge in [-0.1, -0.05) is 0 Å². The minimum atomic E-state index is -1.57. The smallest absolute Gasteiger partial charge is 0.230 e. The molecule has 3 rings (SSSR count). The summed E-state index contributed by atoms with van der Waals surface area (Å²) in [5.74, 6) is -5.65. The second-order valence-electron chi connectivity index (χ2n) is 4.87. The minimum absolute atomic E-state index is 0.319. The highest BCUT2D eigenvalue weighted by molar-refractivity contribution is 5.04. The fourth-order valence-corrected chi connectivity index (χ4v) is 2.60. The van der Waals surface area contributed by atoms with Crippen LogP contribution in [0.4, 0.5) is 0 Å². The zero-order chi connectivity index (χ0) is 11.7. The first kappa shape index (κ1) is 10.9. The molecule has 6 heteroatoms. The van der Waals surface area contributed by atoms with E-state index in [0.29, 0.717) is 26.1 Å². The van der Waals surface area contributed by atoms with Gasteiger partial charge in [0.2, 0.25) is 23.1 Å². The summed E-state index contributed by atoms with van der Waals surface area (Å²) in [5.41, 5.74) is 0. The fourth-order valence-electron chi connectivity index (χ4n) is 2.60. The summed E-state index contributed by atoms with van der Waals surface area (Å²) in [6.45, 7) is 3.77. The third kappa shape index (κ3) is 1.07. The Balaban J connectivity index is 1.99. The van der Waals surface area contributed by atoms with Gasteiger partial charge >= 0.3 is 0 Å². The molecule has 3 fully saturated rings. The Morgan fingerprint density at radius 3 is 2.19 bits per heavy atom. The van der Waals surface area contributed by atoms with E-state index in [1.807, 2.05) is 0 Å². The molecule has 92 valence electrons. The number of ether oxygens (including phenoxy) is 4. The Labute approximate surface area is 93.0 Å². The van der Waals surface area contributed by atoms with Crippen LogP contribution >= 0.6 is 0 Å². The van der Waals surface area contributed by atoms with Crippen LogP contribution in [0.25, 0.3) is 0 Å². The van der Waals surface area contributed by atoms with Crippen molar-refractivity contribution in [2.45, 2.75) is 49.8 Å². The lowest BCUT2D eigenvalue weighted by atomic mass is 10.1. The first-order valence-corrected chi connectivity index (χ1v) is 5.46. The third-order valence-corrected chi connectivity index (χ3v) is 3.74. The van der Waals surface area contributed by atoms with Crippen molar-refractivity contribution in [3.63, 3.8) is 0 Å². The van der Waals surface area contributed by atoms with Crippen LogP contribution in [0.2, 0.25) is 0 Å². The van der Waals surface area contributed by atoms with Crippen LogP contribution in [0.15, 0.2) is 0 Å². The van der Waals surface area contributed by atoms with Crippen LogP contribution in [-0.2, 0) is 18.9 Å². The normalized spacial score (nSPS) is 60.8. The summed E-state index contributed by atoms with van der Waals surface area (Å²) in [6, 6.07) is 0. The molecule has 6 nitrogen and oxygen atoms in total. The highest BCUT2D eigenvalue weighted by atomic mass is 16.9. The van der Waals surface area contributed by atoms with Gasteiger partial charge in [-0.25, -0.2) is 0 Å². The third-order valence-electron chi connectivity index (χ3n) is 3.74. The molecule has 0 amide bonds. The monoisotopic (exact) mass is 232 g/mol. The number of hydrogen-bond donors (Lipinski definition) is 2. The van der Waals surface area contributed by atoms with E-state index in [2.05, 4.69) is 0 Å². The molecule has 0 aliphatic carbocycles. The van der Waals surface area contributed by atoms with E-state index >= 15 is 0 Å². The van der Waals surface area contributed by atoms with Crippen LogP contribution in [0.3, 0.4) is 0 Å². The van der Waals surface area contributed by atoms with Gasteiger partial charge in [-0.05, 0) is 13.8 Å². The van der Waals surface area contributed by atoms with Crippen molar-refractivity contribution >= 4 is 0 Å². The molecule has 0 saturated carbocycles. The standard InChI is InChI=1S/C10H16O6/c1-7(11)10(4-6-13-7)15-8(2)9(12,16-10)3-5-14-8/h11-12H,3-6H2,1-2H3/t7-,8?,9?,10?/m1/s1. The predicted molar refractivity (Wildman–Crippen MR) is 50.0 cm³/mol. The summed E-state index contributed by atoms with van der Waals surface area (Å²) >= 11 is 0. The van der Waals surface area contributed by atoms with Gasteiger partial charge in [-0.2, -0.15) is 0 Å². The fraction of sp³-hybridized carbons (Fsp3) is 1.00. The minimum Gasteiger partial charge on any atom is -0.361 e. The van der Waals surface area contributed by atoms with Gasteiger partial charge in [0.1, 0.15) is 0 Å². The van der Waals surface area contributed by atoms with E-state index in [-0.39, 0.29) is 0 Å². The Hall–Kier alpha value is -0.240. The molecule has 3 unspecified atom stereocenters. The van der Waals surface area contributed by atoms with Crippen molar-refractivity contribution in [1.82, 2.24) is 0 Å². The maximum absolute atomic E-state index is 10.3. The van der Waals surface area contributed by atoms with E-state index in [0.717, 1.165) is 0 Å². The van der Waals surface area contributed by atoms with Gasteiger partial charge in [0.05, 0.1) is 13.2 Å². The highest BCUT2D eigenvalue weighted by Gasteiger charge is 2.74. The van der Waals surface area contributed by atoms with E-state index in [1.54, 1.807) is 6.92 Å². The van der Waals surface area contributed by atoms with Crippen molar-refractivity contribution in [3.05, 3.63) is 0 Å². The van der Waals surface area contributed by atoms with Crippen LogP contribution in [0.5, 0.6) is 0 Å². The molecular formula is C10H16O6. The molecule has 0 radical (unpaired) electrons. The summed E-state index contributed by atoms with van der Waals surface area (Å²) < 4.78 is 21.8. The molecule has 3 aliphatic rings. The second-order valence-corrected chi connectivity index (χ2v) is 4.87. The second kappa shape index (κ2) is 2.77. The molecule has 1 spiro atoms. The molecule has 0 aromatic heterocycles. The lowest BCUT2D eigenvalue weighted by Crippen LogP contribution is -2.51. The molecule has 0 aromatic rings. The van der Waals surface area contributed by atoms with Crippen LogP contribution in [0.1, 0.15) is 26.7 Å². The zero-order valence-corrected chi connectivity index (χ0v) is 9.36. The topological polar surface area (TPSA) is 77.4 Å². The van der Waals surface area contributed by atoms with Crippen molar-refractivity contribution in [1.29, 1.82) is 0 Å². The molecular weight excluding hydrogens is 216 g/mol. The number of fused-ring (bicyclic) bond motifs is 1. The van der Waals surface area contributed by atoms with Gasteiger partial charge in [-0.3, -0.25) is 0 Å². The lowest BCUT2D eigenvalue weighted by molar-refractivity contribution is -0.355. The van der Waals surface area contributed by atoms with Gasteiger partial charge in [0.15, 0.2) is 0 Å². The van der Waals surface area contributed by atoms with Gasteiger partial charge < -0.3 is 29.2 Å². The van der Waals surface area contributed by atoms with E-state index in [9.17, 15) is 10.2 Å². The highest BCUT2D eigenvalue weighted by Crippen LogP contribution is 2.55. The van der Waals surface area contributed by atoms with Gasteiger partial charge in [0, 0.05) is 12.8 Å². The zero-order valence-electron chi connectivity index (χ0n) is 9.36. The van der Waals surface area contributed by atoms with Crippen LogP contribution in [-0.4, -0.2) is 46.6 Å². The van der Waals surface area contributed by atoms with Crippen molar-refractivity contribution in [2.24, 2.45) is 0 Å². The molecule has 16 heavy (non-hydrogen) atoms. The van der Waals surface area contributed by atoms with Crippen molar-refractivity contribution in [2.75, 3.05) is 13.2 Å². The summed E-state index contributed by atoms with van der Waals surface area (Å²) in [5, 5.41) is 20.4. The van der Waals surface area contributed by atoms with Crippen LogP contribution < -0.4 is 0 Å². The summed E-state index contributed by atoms with van der Waals surface area (Å²) in [6.07, 6.45) is 0.683. The maximum atomic E-state index is 10.3. The van der Waals surface area contributed by atoms with E-state index < -0.39 is 23.1 Å². The summed E-state index contributed by atoms with van der Waals surface area (Å²) in [7, 11) is 0. The molecule has 3 aliphatic heterocycles. The Morgan fingerprint density at radius 2 is 1.62 bits per heavy atom.